The number of aryl methyl sites for hydroxylation is 1. The van der Waals surface area contributed by atoms with Gasteiger partial charge in [-0.3, -0.25) is 4.79 Å². The van der Waals surface area contributed by atoms with Crippen molar-refractivity contribution < 1.29 is 13.9 Å². The van der Waals surface area contributed by atoms with E-state index >= 15 is 0 Å². The van der Waals surface area contributed by atoms with Gasteiger partial charge in [-0.25, -0.2) is 0 Å². The molecule has 0 N–H and O–H groups in total. The van der Waals surface area contributed by atoms with Gasteiger partial charge in [-0.05, 0) is 24.5 Å². The molecule has 0 fully saturated rings. The molecular formula is C12H14FNO2. The first-order valence-electron chi connectivity index (χ1n) is 5.37. The number of benzene rings is 1. The molecule has 0 amide bonds. The van der Waals surface area contributed by atoms with Gasteiger partial charge in [-0.2, -0.15) is 4.39 Å². The van der Waals surface area contributed by atoms with Crippen LogP contribution in [0.4, 0.5) is 10.1 Å². The molecule has 1 aliphatic rings. The monoisotopic (exact) mass is 223 g/mol. The van der Waals surface area contributed by atoms with Crippen LogP contribution in [0.3, 0.4) is 0 Å². The number of fused-ring (bicyclic) bond motifs is 1. The van der Waals surface area contributed by atoms with Crippen LogP contribution in [-0.4, -0.2) is 25.9 Å². The minimum Gasteiger partial charge on any atom is -0.431 e. The third-order valence-corrected chi connectivity index (χ3v) is 2.77. The van der Waals surface area contributed by atoms with Crippen molar-refractivity contribution in [2.24, 2.45) is 0 Å². The summed E-state index contributed by atoms with van der Waals surface area (Å²) in [6.07, 6.45) is 0.479. The van der Waals surface area contributed by atoms with Crippen LogP contribution in [0.15, 0.2) is 24.3 Å². The standard InChI is InChI=1S/C12H14FNO2/c13-12(16-9-15)8-14-7-3-5-10-4-1-2-6-11(10)14/h1-2,4,6,9,12H,3,5,7-8H2. The van der Waals surface area contributed by atoms with E-state index in [-0.39, 0.29) is 13.0 Å². The molecule has 4 heteroatoms. The number of hydrogen-bond donors (Lipinski definition) is 0. The Bertz CT molecular complexity index is 370. The summed E-state index contributed by atoms with van der Waals surface area (Å²) < 4.78 is 17.5. The fraction of sp³-hybridized carbons (Fsp3) is 0.417. The molecule has 0 spiro atoms. The average molecular weight is 223 g/mol. The Balaban J connectivity index is 2.09. The zero-order valence-corrected chi connectivity index (χ0v) is 8.93. The van der Waals surface area contributed by atoms with Crippen molar-refractivity contribution in [1.29, 1.82) is 0 Å². The Morgan fingerprint density at radius 2 is 2.31 bits per heavy atom. The molecule has 1 aromatic rings. The number of nitrogens with zero attached hydrogens (tertiary/aromatic N) is 1. The molecule has 1 unspecified atom stereocenters. The van der Waals surface area contributed by atoms with E-state index in [1.807, 2.05) is 23.1 Å². The fourth-order valence-electron chi connectivity index (χ4n) is 2.08. The second-order valence-corrected chi connectivity index (χ2v) is 3.82. The number of alkyl halides is 1. The number of carbonyl (C=O) groups excluding carboxylic acids is 1. The van der Waals surface area contributed by atoms with Gasteiger partial charge in [0, 0.05) is 12.2 Å². The van der Waals surface area contributed by atoms with E-state index in [1.54, 1.807) is 0 Å². The third kappa shape index (κ3) is 2.32. The summed E-state index contributed by atoms with van der Waals surface area (Å²) in [6, 6.07) is 7.94. The number of halogens is 1. The first-order chi connectivity index (χ1) is 7.81. The van der Waals surface area contributed by atoms with Crippen LogP contribution in [0.25, 0.3) is 0 Å². The van der Waals surface area contributed by atoms with Crippen molar-refractivity contribution in [3.05, 3.63) is 29.8 Å². The molecule has 86 valence electrons. The van der Waals surface area contributed by atoms with Crippen molar-refractivity contribution in [2.75, 3.05) is 18.0 Å². The van der Waals surface area contributed by atoms with Gasteiger partial charge >= 0.3 is 0 Å². The quantitative estimate of drug-likeness (QED) is 0.730. The van der Waals surface area contributed by atoms with Gasteiger partial charge in [0.1, 0.15) is 0 Å². The maximum atomic E-state index is 13.2. The molecule has 0 bridgehead atoms. The lowest BCUT2D eigenvalue weighted by molar-refractivity contribution is -0.140. The molecule has 0 saturated heterocycles. The van der Waals surface area contributed by atoms with E-state index in [2.05, 4.69) is 10.8 Å². The smallest absolute Gasteiger partial charge is 0.295 e. The van der Waals surface area contributed by atoms with Gasteiger partial charge in [0.25, 0.3) is 12.8 Å². The van der Waals surface area contributed by atoms with E-state index in [1.165, 1.54) is 5.56 Å². The number of carbonyl (C=O) groups is 1. The number of rotatable bonds is 4. The molecule has 1 aliphatic heterocycles. The van der Waals surface area contributed by atoms with Gasteiger partial charge in [0.15, 0.2) is 0 Å². The normalized spacial score (nSPS) is 16.4. The zero-order chi connectivity index (χ0) is 11.4. The highest BCUT2D eigenvalue weighted by Crippen LogP contribution is 2.26. The average Bonchev–Trinajstić information content (AvgIpc) is 2.30. The lowest BCUT2D eigenvalue weighted by Gasteiger charge is -2.31. The van der Waals surface area contributed by atoms with Gasteiger partial charge < -0.3 is 9.64 Å². The summed E-state index contributed by atoms with van der Waals surface area (Å²) in [5.41, 5.74) is 2.28. The maximum Gasteiger partial charge on any atom is 0.295 e. The van der Waals surface area contributed by atoms with Crippen molar-refractivity contribution in [2.45, 2.75) is 19.2 Å². The molecule has 0 radical (unpaired) electrons. The van der Waals surface area contributed by atoms with Crippen LogP contribution in [0.5, 0.6) is 0 Å². The number of anilines is 1. The van der Waals surface area contributed by atoms with E-state index in [0.717, 1.165) is 25.1 Å². The number of para-hydroxylation sites is 1. The lowest BCUT2D eigenvalue weighted by Crippen LogP contribution is -2.35. The van der Waals surface area contributed by atoms with E-state index < -0.39 is 6.36 Å². The summed E-state index contributed by atoms with van der Waals surface area (Å²) in [4.78, 5) is 11.9. The highest BCUT2D eigenvalue weighted by atomic mass is 19.1. The molecule has 1 atom stereocenters. The van der Waals surface area contributed by atoms with E-state index in [9.17, 15) is 9.18 Å². The highest BCUT2D eigenvalue weighted by molar-refractivity contribution is 5.55. The fourth-order valence-corrected chi connectivity index (χ4v) is 2.08. The summed E-state index contributed by atoms with van der Waals surface area (Å²) in [7, 11) is 0. The molecule has 16 heavy (non-hydrogen) atoms. The Hall–Kier alpha value is -1.58. The minimum absolute atomic E-state index is 0.107. The molecule has 2 rings (SSSR count). The van der Waals surface area contributed by atoms with Crippen molar-refractivity contribution in [3.8, 4) is 0 Å². The van der Waals surface area contributed by atoms with Gasteiger partial charge in [0.2, 0.25) is 0 Å². The van der Waals surface area contributed by atoms with Gasteiger partial charge in [-0.15, -0.1) is 0 Å². The predicted molar refractivity (Wildman–Crippen MR) is 59.0 cm³/mol. The molecule has 0 aromatic heterocycles. The van der Waals surface area contributed by atoms with Crippen LogP contribution in [0, 0.1) is 0 Å². The molecule has 0 saturated carbocycles. The highest BCUT2D eigenvalue weighted by Gasteiger charge is 2.19. The van der Waals surface area contributed by atoms with Crippen LogP contribution < -0.4 is 4.90 Å². The summed E-state index contributed by atoms with van der Waals surface area (Å²) in [6.45, 7) is 1.07. The summed E-state index contributed by atoms with van der Waals surface area (Å²) in [5, 5.41) is 0. The Morgan fingerprint density at radius 1 is 1.50 bits per heavy atom. The van der Waals surface area contributed by atoms with Crippen LogP contribution in [-0.2, 0) is 16.0 Å². The molecule has 3 nitrogen and oxygen atoms in total. The van der Waals surface area contributed by atoms with Crippen LogP contribution in [0.1, 0.15) is 12.0 Å². The Labute approximate surface area is 93.8 Å². The molecule has 1 aromatic carbocycles. The Kier molecular flexibility index (Phi) is 3.39. The Morgan fingerprint density at radius 3 is 3.12 bits per heavy atom. The number of ether oxygens (including phenoxy) is 1. The molecule has 0 aliphatic carbocycles. The third-order valence-electron chi connectivity index (χ3n) is 2.77. The summed E-state index contributed by atoms with van der Waals surface area (Å²) in [5.74, 6) is 0. The van der Waals surface area contributed by atoms with Gasteiger partial charge in [0.05, 0.1) is 6.54 Å². The van der Waals surface area contributed by atoms with Crippen molar-refractivity contribution >= 4 is 12.2 Å². The SMILES string of the molecule is O=COC(F)CN1CCCc2ccccc21. The summed E-state index contributed by atoms with van der Waals surface area (Å²) >= 11 is 0. The second kappa shape index (κ2) is 4.96. The zero-order valence-electron chi connectivity index (χ0n) is 8.93. The van der Waals surface area contributed by atoms with Crippen molar-refractivity contribution in [3.63, 3.8) is 0 Å². The first kappa shape index (κ1) is 10.9. The molecule has 1 heterocycles. The first-order valence-corrected chi connectivity index (χ1v) is 5.37. The van der Waals surface area contributed by atoms with E-state index in [0.29, 0.717) is 0 Å². The number of hydrogen-bond acceptors (Lipinski definition) is 3. The maximum absolute atomic E-state index is 13.2. The van der Waals surface area contributed by atoms with Crippen LogP contribution >= 0.6 is 0 Å². The second-order valence-electron chi connectivity index (χ2n) is 3.82. The van der Waals surface area contributed by atoms with Crippen LogP contribution in [0.2, 0.25) is 0 Å². The lowest BCUT2D eigenvalue weighted by atomic mass is 10.0. The molecular weight excluding hydrogens is 209 g/mol. The van der Waals surface area contributed by atoms with Crippen molar-refractivity contribution in [1.82, 2.24) is 0 Å². The predicted octanol–water partition coefficient (Wildman–Crippen LogP) is 1.91. The topological polar surface area (TPSA) is 29.5 Å². The van der Waals surface area contributed by atoms with E-state index in [4.69, 9.17) is 0 Å². The largest absolute Gasteiger partial charge is 0.431 e. The minimum atomic E-state index is -1.55. The van der Waals surface area contributed by atoms with Gasteiger partial charge in [-0.1, -0.05) is 18.2 Å².